The quantitative estimate of drug-likeness (QED) is 0.154. The van der Waals surface area contributed by atoms with Gasteiger partial charge in [0.2, 0.25) is 11.8 Å². The van der Waals surface area contributed by atoms with Gasteiger partial charge in [-0.25, -0.2) is 9.69 Å². The molecule has 0 unspecified atom stereocenters. The number of nitrogens with zero attached hydrogens (tertiary/aromatic N) is 7. The maximum Gasteiger partial charge on any atom is 0.240 e. The van der Waals surface area contributed by atoms with Crippen molar-refractivity contribution in [1.29, 1.82) is 0 Å². The summed E-state index contributed by atoms with van der Waals surface area (Å²) in [7, 11) is 0. The molecule has 0 saturated carbocycles. The largest absolute Gasteiger partial charge is 0.437 e. The maximum atomic E-state index is 12.7. The van der Waals surface area contributed by atoms with Crippen LogP contribution in [0, 0.1) is 6.92 Å². The van der Waals surface area contributed by atoms with Crippen LogP contribution >= 0.6 is 11.6 Å². The molecule has 0 saturated heterocycles. The molecule has 2 heterocycles. The molecule has 4 aromatic rings. The molecule has 3 aromatic carbocycles. The van der Waals surface area contributed by atoms with Crippen molar-refractivity contribution >= 4 is 28.9 Å². The van der Waals surface area contributed by atoms with Gasteiger partial charge in [-0.3, -0.25) is 4.79 Å². The number of aryl methyl sites for hydroxylation is 1. The van der Waals surface area contributed by atoms with Gasteiger partial charge in [0.15, 0.2) is 0 Å². The zero-order valence-electron chi connectivity index (χ0n) is 20.1. The lowest BCUT2D eigenvalue weighted by Gasteiger charge is -2.21. The number of amides is 1. The Morgan fingerprint density at radius 2 is 1.78 bits per heavy atom. The Kier molecular flexibility index (Phi) is 6.64. The van der Waals surface area contributed by atoms with Gasteiger partial charge in [-0.1, -0.05) is 71.3 Å². The molecular formula is C27H22ClN7O2. The molecule has 10 heteroatoms. The molecule has 9 nitrogen and oxygen atoms in total. The Morgan fingerprint density at radius 1 is 1.08 bits per heavy atom. The van der Waals surface area contributed by atoms with Crippen LogP contribution < -0.4 is 4.74 Å². The van der Waals surface area contributed by atoms with E-state index in [1.807, 2.05) is 61.5 Å². The summed E-state index contributed by atoms with van der Waals surface area (Å²) in [6.45, 7) is 3.37. The molecule has 1 aromatic heterocycles. The van der Waals surface area contributed by atoms with E-state index in [1.54, 1.807) is 28.9 Å². The number of ether oxygens (including phenoxy) is 1. The highest BCUT2D eigenvalue weighted by Gasteiger charge is 2.37. The second kappa shape index (κ2) is 10.2. The Balaban J connectivity index is 1.60. The summed E-state index contributed by atoms with van der Waals surface area (Å²) >= 11 is 6.44. The van der Waals surface area contributed by atoms with Gasteiger partial charge in [-0.15, -0.1) is 0 Å². The molecule has 1 aliphatic heterocycles. The minimum Gasteiger partial charge on any atom is -0.437 e. The van der Waals surface area contributed by atoms with Gasteiger partial charge in [0.1, 0.15) is 5.75 Å². The Bertz CT molecular complexity index is 1540. The van der Waals surface area contributed by atoms with Gasteiger partial charge in [-0.2, -0.15) is 10.2 Å². The summed E-state index contributed by atoms with van der Waals surface area (Å²) in [6.07, 6.45) is 0.445. The second-order valence-corrected chi connectivity index (χ2v) is 8.86. The van der Waals surface area contributed by atoms with Crippen molar-refractivity contribution in [1.82, 2.24) is 14.8 Å². The third kappa shape index (κ3) is 4.78. The van der Waals surface area contributed by atoms with Crippen LogP contribution in [0.15, 0.2) is 89.1 Å². The lowest BCUT2D eigenvalue weighted by Crippen LogP contribution is -2.25. The van der Waals surface area contributed by atoms with Crippen LogP contribution in [0.4, 0.5) is 5.69 Å². The minimum atomic E-state index is -0.445. The van der Waals surface area contributed by atoms with Gasteiger partial charge >= 0.3 is 0 Å². The number of aromatic nitrogens is 2. The molecule has 184 valence electrons. The molecule has 5 rings (SSSR count). The van der Waals surface area contributed by atoms with Crippen LogP contribution in [0.1, 0.15) is 36.2 Å². The number of benzene rings is 3. The first kappa shape index (κ1) is 24.1. The van der Waals surface area contributed by atoms with Crippen molar-refractivity contribution in [3.8, 4) is 17.3 Å². The Hall–Kier alpha value is -4.59. The average Bonchev–Trinajstić information content (AvgIpc) is 3.48. The number of para-hydroxylation sites is 2. The first-order chi connectivity index (χ1) is 18.0. The van der Waals surface area contributed by atoms with Crippen LogP contribution in [0.3, 0.4) is 0 Å². The monoisotopic (exact) mass is 511 g/mol. The van der Waals surface area contributed by atoms with Crippen molar-refractivity contribution in [3.05, 3.63) is 111 Å². The summed E-state index contributed by atoms with van der Waals surface area (Å²) in [6, 6.07) is 23.5. The predicted octanol–water partition coefficient (Wildman–Crippen LogP) is 7.27. The van der Waals surface area contributed by atoms with Crippen LogP contribution in [-0.4, -0.2) is 26.4 Å². The number of carbonyl (C=O) groups is 1. The first-order valence-corrected chi connectivity index (χ1v) is 11.9. The first-order valence-electron chi connectivity index (χ1n) is 11.6. The summed E-state index contributed by atoms with van der Waals surface area (Å²) in [4.78, 5) is 15.5. The smallest absolute Gasteiger partial charge is 0.240 e. The molecule has 0 fully saturated rings. The van der Waals surface area contributed by atoms with E-state index in [0.717, 1.165) is 22.5 Å². The van der Waals surface area contributed by atoms with E-state index in [-0.39, 0.29) is 5.91 Å². The van der Waals surface area contributed by atoms with Crippen molar-refractivity contribution in [2.75, 3.05) is 0 Å². The molecule has 0 spiro atoms. The van der Waals surface area contributed by atoms with E-state index in [1.165, 1.54) is 11.9 Å². The van der Waals surface area contributed by atoms with Crippen molar-refractivity contribution in [2.24, 2.45) is 10.2 Å². The van der Waals surface area contributed by atoms with Gasteiger partial charge < -0.3 is 4.74 Å². The lowest BCUT2D eigenvalue weighted by atomic mass is 9.98. The highest BCUT2D eigenvalue weighted by atomic mass is 35.5. The van der Waals surface area contributed by atoms with Crippen molar-refractivity contribution in [3.63, 3.8) is 0 Å². The normalized spacial score (nSPS) is 14.7. The van der Waals surface area contributed by atoms with Gasteiger partial charge in [0.25, 0.3) is 0 Å². The molecule has 0 radical (unpaired) electrons. The average molecular weight is 512 g/mol. The SMILES string of the molecule is CC(=O)N1N=C(c2ccc(N=[N+]=[N-])cc2)C[C@H]1c1c(C)nn(-c2ccccc2)c1Oc1ccccc1Cl. The fourth-order valence-corrected chi connectivity index (χ4v) is 4.52. The van der Waals surface area contributed by atoms with Gasteiger partial charge in [0, 0.05) is 23.9 Å². The summed E-state index contributed by atoms with van der Waals surface area (Å²) < 4.78 is 8.13. The van der Waals surface area contributed by atoms with Crippen LogP contribution in [0.5, 0.6) is 11.6 Å². The van der Waals surface area contributed by atoms with Crippen LogP contribution in [0.25, 0.3) is 16.1 Å². The molecule has 0 aliphatic carbocycles. The number of azide groups is 1. The summed E-state index contributed by atoms with van der Waals surface area (Å²) in [5.74, 6) is 0.731. The third-order valence-corrected chi connectivity index (χ3v) is 6.35. The van der Waals surface area contributed by atoms with E-state index in [9.17, 15) is 4.79 Å². The highest BCUT2D eigenvalue weighted by molar-refractivity contribution is 6.32. The van der Waals surface area contributed by atoms with Gasteiger partial charge in [0.05, 0.1) is 33.7 Å². The van der Waals surface area contributed by atoms with Crippen molar-refractivity contribution in [2.45, 2.75) is 26.3 Å². The molecule has 37 heavy (non-hydrogen) atoms. The number of hydrogen-bond acceptors (Lipinski definition) is 5. The van der Waals surface area contributed by atoms with E-state index >= 15 is 0 Å². The number of halogens is 1. The van der Waals surface area contributed by atoms with Crippen LogP contribution in [0.2, 0.25) is 5.02 Å². The summed E-state index contributed by atoms with van der Waals surface area (Å²) in [5, 5.41) is 15.0. The predicted molar refractivity (Wildman–Crippen MR) is 141 cm³/mol. The molecule has 1 atom stereocenters. The summed E-state index contributed by atoms with van der Waals surface area (Å²) in [5.41, 5.74) is 13.0. The topological polar surface area (TPSA) is 108 Å². The minimum absolute atomic E-state index is 0.207. The fourth-order valence-electron chi connectivity index (χ4n) is 4.35. The zero-order valence-corrected chi connectivity index (χ0v) is 20.9. The Labute approximate surface area is 218 Å². The molecule has 1 amide bonds. The van der Waals surface area contributed by atoms with Gasteiger partial charge in [-0.05, 0) is 42.3 Å². The lowest BCUT2D eigenvalue weighted by molar-refractivity contribution is -0.130. The van der Waals surface area contributed by atoms with E-state index in [2.05, 4.69) is 15.1 Å². The third-order valence-electron chi connectivity index (χ3n) is 6.03. The van der Waals surface area contributed by atoms with Crippen molar-refractivity contribution < 1.29 is 9.53 Å². The number of hydrazone groups is 1. The number of rotatable bonds is 6. The van der Waals surface area contributed by atoms with E-state index < -0.39 is 6.04 Å². The molecule has 0 bridgehead atoms. The number of hydrogen-bond donors (Lipinski definition) is 0. The Morgan fingerprint density at radius 3 is 2.46 bits per heavy atom. The second-order valence-electron chi connectivity index (χ2n) is 8.45. The molecular weight excluding hydrogens is 490 g/mol. The zero-order chi connectivity index (χ0) is 25.9. The van der Waals surface area contributed by atoms with E-state index in [0.29, 0.717) is 34.5 Å². The highest BCUT2D eigenvalue weighted by Crippen LogP contribution is 2.43. The molecule has 1 aliphatic rings. The van der Waals surface area contributed by atoms with E-state index in [4.69, 9.17) is 27.0 Å². The molecule has 0 N–H and O–H groups in total. The fraction of sp³-hybridized carbons (Fsp3) is 0.148. The number of carbonyl (C=O) groups excluding carboxylic acids is 1. The standard InChI is InChI=1S/C27H22ClN7O2/c1-17-26(24-16-23(32-34(24)18(2)36)19-12-14-20(15-13-19)30-33-29)27(37-25-11-7-6-10-22(25)28)35(31-17)21-8-4-3-5-9-21/h3-15,24H,16H2,1-2H3/t24-/m0/s1. The maximum absolute atomic E-state index is 12.7. The van der Waals surface area contributed by atoms with Crippen LogP contribution in [-0.2, 0) is 4.79 Å².